The van der Waals surface area contributed by atoms with Crippen LogP contribution < -0.4 is 0 Å². The molecule has 0 aliphatic heterocycles. The zero-order valence-electron chi connectivity index (χ0n) is 10.7. The van der Waals surface area contributed by atoms with Gasteiger partial charge in [-0.2, -0.15) is 13.2 Å². The number of hydrogen-bond acceptors (Lipinski definition) is 1. The Morgan fingerprint density at radius 3 is 2.43 bits per heavy atom. The predicted octanol–water partition coefficient (Wildman–Crippen LogP) is 5.57. The lowest BCUT2D eigenvalue weighted by molar-refractivity contribution is -0.137. The number of nitrogens with zero attached hydrogens (tertiary/aromatic N) is 1. The highest BCUT2D eigenvalue weighted by Crippen LogP contribution is 2.35. The second kappa shape index (κ2) is 5.04. The molecular weight excluding hydrogens is 299 g/mol. The fraction of sp³-hybridized carbons (Fsp3) is 0.0625. The lowest BCUT2D eigenvalue weighted by Gasteiger charge is -2.11. The van der Waals surface area contributed by atoms with Crippen molar-refractivity contribution in [2.24, 2.45) is 0 Å². The molecule has 0 fully saturated rings. The van der Waals surface area contributed by atoms with Crippen molar-refractivity contribution >= 4 is 22.5 Å². The van der Waals surface area contributed by atoms with E-state index in [4.69, 9.17) is 11.6 Å². The van der Waals surface area contributed by atoms with Crippen molar-refractivity contribution in [3.8, 4) is 11.1 Å². The molecule has 21 heavy (non-hydrogen) atoms. The minimum atomic E-state index is -4.37. The number of pyridine rings is 1. The van der Waals surface area contributed by atoms with Crippen molar-refractivity contribution in [3.63, 3.8) is 0 Å². The first-order valence-electron chi connectivity index (χ1n) is 6.18. The molecule has 0 atom stereocenters. The van der Waals surface area contributed by atoms with Crippen molar-refractivity contribution < 1.29 is 13.2 Å². The van der Waals surface area contributed by atoms with Gasteiger partial charge >= 0.3 is 6.18 Å². The first-order chi connectivity index (χ1) is 9.95. The number of halogens is 4. The zero-order chi connectivity index (χ0) is 15.0. The Bertz CT molecular complexity index is 812. The van der Waals surface area contributed by atoms with Gasteiger partial charge in [0.05, 0.1) is 11.1 Å². The van der Waals surface area contributed by atoms with Crippen molar-refractivity contribution in [1.29, 1.82) is 0 Å². The summed E-state index contributed by atoms with van der Waals surface area (Å²) in [5.74, 6) is 0. The van der Waals surface area contributed by atoms with Crippen LogP contribution >= 0.6 is 11.6 Å². The normalized spacial score (nSPS) is 11.8. The number of fused-ring (bicyclic) bond motifs is 1. The predicted molar refractivity (Wildman–Crippen MR) is 77.2 cm³/mol. The van der Waals surface area contributed by atoms with Crippen molar-refractivity contribution in [2.75, 3.05) is 0 Å². The Morgan fingerprint density at radius 1 is 0.905 bits per heavy atom. The van der Waals surface area contributed by atoms with Crippen LogP contribution in [0.5, 0.6) is 0 Å². The van der Waals surface area contributed by atoms with Crippen molar-refractivity contribution in [1.82, 2.24) is 4.98 Å². The molecule has 106 valence electrons. The fourth-order valence-corrected chi connectivity index (χ4v) is 2.45. The smallest absolute Gasteiger partial charge is 0.236 e. The van der Waals surface area contributed by atoms with Gasteiger partial charge in [0.2, 0.25) is 0 Å². The average Bonchev–Trinajstić information content (AvgIpc) is 2.45. The summed E-state index contributed by atoms with van der Waals surface area (Å²) in [6, 6.07) is 14.0. The van der Waals surface area contributed by atoms with Gasteiger partial charge in [-0.05, 0) is 35.4 Å². The standard InChI is InChI=1S/C16H9ClF3N/c17-15-9-13(12-6-1-2-7-14(12)21-15)10-4-3-5-11(8-10)16(18,19)20/h1-9H. The summed E-state index contributed by atoms with van der Waals surface area (Å²) in [7, 11) is 0. The van der Waals surface area contributed by atoms with Gasteiger partial charge in [0, 0.05) is 5.39 Å². The monoisotopic (exact) mass is 307 g/mol. The van der Waals surface area contributed by atoms with E-state index in [1.54, 1.807) is 18.2 Å². The first-order valence-corrected chi connectivity index (χ1v) is 6.56. The zero-order valence-corrected chi connectivity index (χ0v) is 11.4. The van der Waals surface area contributed by atoms with E-state index < -0.39 is 11.7 Å². The Balaban J connectivity index is 2.26. The Labute approximate surface area is 124 Å². The highest BCUT2D eigenvalue weighted by Gasteiger charge is 2.30. The Hall–Kier alpha value is -2.07. The van der Waals surface area contributed by atoms with E-state index in [2.05, 4.69) is 4.98 Å². The Morgan fingerprint density at radius 2 is 1.67 bits per heavy atom. The van der Waals surface area contributed by atoms with E-state index >= 15 is 0 Å². The van der Waals surface area contributed by atoms with Gasteiger partial charge in [0.1, 0.15) is 5.15 Å². The number of para-hydroxylation sites is 1. The highest BCUT2D eigenvalue weighted by molar-refractivity contribution is 6.30. The number of benzene rings is 2. The van der Waals surface area contributed by atoms with Crippen LogP contribution in [0.2, 0.25) is 5.15 Å². The summed E-state index contributed by atoms with van der Waals surface area (Å²) >= 11 is 5.97. The van der Waals surface area contributed by atoms with Crippen LogP contribution in [0, 0.1) is 0 Å². The molecule has 3 rings (SSSR count). The van der Waals surface area contributed by atoms with E-state index in [-0.39, 0.29) is 5.15 Å². The molecule has 0 saturated heterocycles. The maximum Gasteiger partial charge on any atom is 0.416 e. The lowest BCUT2D eigenvalue weighted by Crippen LogP contribution is -2.04. The van der Waals surface area contributed by atoms with Crippen LogP contribution in [-0.4, -0.2) is 4.98 Å². The number of aromatic nitrogens is 1. The highest BCUT2D eigenvalue weighted by atomic mass is 35.5. The van der Waals surface area contributed by atoms with Crippen molar-refractivity contribution in [3.05, 3.63) is 65.3 Å². The quantitative estimate of drug-likeness (QED) is 0.535. The molecule has 5 heteroatoms. The summed E-state index contributed by atoms with van der Waals surface area (Å²) in [5.41, 5.74) is 1.07. The van der Waals surface area contributed by atoms with Crippen LogP contribution in [0.15, 0.2) is 54.6 Å². The molecule has 0 saturated carbocycles. The molecule has 1 aromatic heterocycles. The molecule has 2 aromatic carbocycles. The summed E-state index contributed by atoms with van der Waals surface area (Å²) in [6.45, 7) is 0. The third-order valence-electron chi connectivity index (χ3n) is 3.19. The van der Waals surface area contributed by atoms with Crippen molar-refractivity contribution in [2.45, 2.75) is 6.18 Å². The van der Waals surface area contributed by atoms with Gasteiger partial charge < -0.3 is 0 Å². The summed E-state index contributed by atoms with van der Waals surface area (Å²) in [4.78, 5) is 4.18. The van der Waals surface area contributed by atoms with E-state index in [9.17, 15) is 13.2 Å². The summed E-state index contributed by atoms with van der Waals surface area (Å²) in [6.07, 6.45) is -4.37. The number of rotatable bonds is 1. The maximum atomic E-state index is 12.8. The molecule has 1 nitrogen and oxygen atoms in total. The van der Waals surface area contributed by atoms with E-state index in [0.29, 0.717) is 16.6 Å². The van der Waals surface area contributed by atoms with E-state index in [0.717, 1.165) is 17.5 Å². The minimum Gasteiger partial charge on any atom is -0.236 e. The molecule has 3 aromatic rings. The summed E-state index contributed by atoms with van der Waals surface area (Å²) < 4.78 is 38.5. The van der Waals surface area contributed by atoms with Crippen LogP contribution in [0.25, 0.3) is 22.0 Å². The number of alkyl halides is 3. The Kier molecular flexibility index (Phi) is 3.33. The van der Waals surface area contributed by atoms with E-state index in [1.165, 1.54) is 6.07 Å². The molecule has 0 aliphatic carbocycles. The van der Waals surface area contributed by atoms with Crippen LogP contribution in [0.3, 0.4) is 0 Å². The van der Waals surface area contributed by atoms with Gasteiger partial charge in [0.15, 0.2) is 0 Å². The molecule has 0 N–H and O–H groups in total. The second-order valence-corrected chi connectivity index (χ2v) is 4.98. The van der Waals surface area contributed by atoms with Gasteiger partial charge in [-0.3, -0.25) is 0 Å². The van der Waals surface area contributed by atoms with Crippen LogP contribution in [0.1, 0.15) is 5.56 Å². The molecule has 0 aliphatic rings. The summed E-state index contributed by atoms with van der Waals surface area (Å²) in [5, 5.41) is 1.02. The van der Waals surface area contributed by atoms with Gasteiger partial charge in [-0.25, -0.2) is 4.98 Å². The number of hydrogen-bond donors (Lipinski definition) is 0. The molecular formula is C16H9ClF3N. The molecule has 0 amide bonds. The molecule has 0 bridgehead atoms. The fourth-order valence-electron chi connectivity index (χ4n) is 2.24. The van der Waals surface area contributed by atoms with Gasteiger partial charge in [0.25, 0.3) is 0 Å². The third kappa shape index (κ3) is 2.72. The van der Waals surface area contributed by atoms with Crippen LogP contribution in [0.4, 0.5) is 13.2 Å². The van der Waals surface area contributed by atoms with Crippen LogP contribution in [-0.2, 0) is 6.18 Å². The minimum absolute atomic E-state index is 0.251. The molecule has 0 spiro atoms. The molecule has 1 heterocycles. The first kappa shape index (κ1) is 13.9. The average molecular weight is 308 g/mol. The lowest BCUT2D eigenvalue weighted by atomic mass is 9.99. The SMILES string of the molecule is FC(F)(F)c1cccc(-c2cc(Cl)nc3ccccc23)c1. The third-order valence-corrected chi connectivity index (χ3v) is 3.38. The van der Waals surface area contributed by atoms with Gasteiger partial charge in [-0.15, -0.1) is 0 Å². The van der Waals surface area contributed by atoms with Gasteiger partial charge in [-0.1, -0.05) is 41.9 Å². The second-order valence-electron chi connectivity index (χ2n) is 4.59. The maximum absolute atomic E-state index is 12.8. The molecule has 0 unspecified atom stereocenters. The van der Waals surface area contributed by atoms with E-state index in [1.807, 2.05) is 18.2 Å². The topological polar surface area (TPSA) is 12.9 Å². The largest absolute Gasteiger partial charge is 0.416 e. The molecule has 0 radical (unpaired) electrons.